The van der Waals surface area contributed by atoms with Gasteiger partial charge in [-0.05, 0) is 17.4 Å². The number of aromatic nitrogens is 2. The Morgan fingerprint density at radius 2 is 2.26 bits per heavy atom. The average molecular weight is 278 g/mol. The van der Waals surface area contributed by atoms with Gasteiger partial charge in [-0.15, -0.1) is 11.3 Å². The zero-order valence-corrected chi connectivity index (χ0v) is 12.0. The Kier molecular flexibility index (Phi) is 4.68. The van der Waals surface area contributed by atoms with E-state index in [1.54, 1.807) is 17.7 Å². The fourth-order valence-corrected chi connectivity index (χ4v) is 2.36. The van der Waals surface area contributed by atoms with Crippen molar-refractivity contribution >= 4 is 33.3 Å². The van der Waals surface area contributed by atoms with E-state index in [-0.39, 0.29) is 5.91 Å². The van der Waals surface area contributed by atoms with E-state index in [2.05, 4.69) is 34.4 Å². The Bertz CT molecular complexity index is 552. The molecule has 19 heavy (non-hydrogen) atoms. The number of rotatable bonds is 6. The smallest absolute Gasteiger partial charge is 0.221 e. The van der Waals surface area contributed by atoms with Crippen molar-refractivity contribution in [3.8, 4) is 0 Å². The molecule has 0 aliphatic rings. The molecule has 0 saturated heterocycles. The lowest BCUT2D eigenvalue weighted by Gasteiger charge is -2.08. The van der Waals surface area contributed by atoms with Crippen molar-refractivity contribution in [2.45, 2.75) is 20.3 Å². The topological polar surface area (TPSA) is 66.9 Å². The van der Waals surface area contributed by atoms with Crippen LogP contribution < -0.4 is 10.6 Å². The number of carbonyl (C=O) groups is 1. The van der Waals surface area contributed by atoms with Gasteiger partial charge in [0, 0.05) is 19.5 Å². The summed E-state index contributed by atoms with van der Waals surface area (Å²) in [5.41, 5.74) is 0. The zero-order chi connectivity index (χ0) is 13.7. The van der Waals surface area contributed by atoms with Gasteiger partial charge in [-0.1, -0.05) is 13.8 Å². The predicted molar refractivity (Wildman–Crippen MR) is 78.4 cm³/mol. The van der Waals surface area contributed by atoms with Gasteiger partial charge in [-0.2, -0.15) is 0 Å². The Morgan fingerprint density at radius 1 is 1.42 bits per heavy atom. The summed E-state index contributed by atoms with van der Waals surface area (Å²) < 4.78 is 0. The van der Waals surface area contributed by atoms with Crippen LogP contribution >= 0.6 is 11.3 Å². The molecule has 2 rings (SSSR count). The molecule has 2 aromatic heterocycles. The summed E-state index contributed by atoms with van der Waals surface area (Å²) >= 11 is 1.58. The number of nitrogens with one attached hydrogen (secondary N) is 2. The minimum absolute atomic E-state index is 0.0665. The summed E-state index contributed by atoms with van der Waals surface area (Å²) in [5, 5.41) is 9.07. The van der Waals surface area contributed by atoms with E-state index < -0.39 is 0 Å². The van der Waals surface area contributed by atoms with Crippen molar-refractivity contribution in [3.63, 3.8) is 0 Å². The molecule has 0 bridgehead atoms. The summed E-state index contributed by atoms with van der Waals surface area (Å²) in [6.07, 6.45) is 1.99. The van der Waals surface area contributed by atoms with Gasteiger partial charge in [0.05, 0.1) is 5.39 Å². The number of nitrogens with zero attached hydrogens (tertiary/aromatic N) is 2. The molecule has 2 aromatic rings. The normalized spacial score (nSPS) is 10.9. The lowest BCUT2D eigenvalue weighted by molar-refractivity contribution is -0.120. The molecule has 0 saturated carbocycles. The van der Waals surface area contributed by atoms with Crippen molar-refractivity contribution in [3.05, 3.63) is 17.8 Å². The van der Waals surface area contributed by atoms with E-state index in [9.17, 15) is 4.79 Å². The third-order valence-corrected chi connectivity index (χ3v) is 3.43. The first-order valence-corrected chi connectivity index (χ1v) is 7.23. The van der Waals surface area contributed by atoms with Crippen LogP contribution in [0.2, 0.25) is 0 Å². The first-order valence-electron chi connectivity index (χ1n) is 6.35. The zero-order valence-electron chi connectivity index (χ0n) is 11.1. The fraction of sp³-hybridized carbons (Fsp3) is 0.462. The average Bonchev–Trinajstić information content (AvgIpc) is 2.85. The van der Waals surface area contributed by atoms with Crippen LogP contribution in [0.15, 0.2) is 17.8 Å². The molecular weight excluding hydrogens is 260 g/mol. The molecule has 1 amide bonds. The van der Waals surface area contributed by atoms with E-state index in [0.717, 1.165) is 22.6 Å². The maximum absolute atomic E-state index is 11.6. The van der Waals surface area contributed by atoms with Crippen LogP contribution in [0.1, 0.15) is 20.3 Å². The van der Waals surface area contributed by atoms with Gasteiger partial charge in [0.1, 0.15) is 17.0 Å². The van der Waals surface area contributed by atoms with E-state index in [1.807, 2.05) is 11.4 Å². The van der Waals surface area contributed by atoms with Crippen molar-refractivity contribution in [2.24, 2.45) is 5.92 Å². The first kappa shape index (κ1) is 13.7. The van der Waals surface area contributed by atoms with Gasteiger partial charge in [0.2, 0.25) is 5.91 Å². The minimum atomic E-state index is 0.0665. The van der Waals surface area contributed by atoms with E-state index in [0.29, 0.717) is 18.9 Å². The van der Waals surface area contributed by atoms with Gasteiger partial charge < -0.3 is 10.6 Å². The maximum atomic E-state index is 11.6. The van der Waals surface area contributed by atoms with Crippen LogP contribution in [0, 0.1) is 5.92 Å². The number of hydrogen-bond acceptors (Lipinski definition) is 5. The minimum Gasteiger partial charge on any atom is -0.369 e. The molecule has 0 aliphatic carbocycles. The second-order valence-electron chi connectivity index (χ2n) is 4.74. The number of hydrogen-bond donors (Lipinski definition) is 2. The Labute approximate surface area is 116 Å². The summed E-state index contributed by atoms with van der Waals surface area (Å²) in [6, 6.07) is 1.99. The summed E-state index contributed by atoms with van der Waals surface area (Å²) in [4.78, 5) is 20.9. The molecule has 5 nitrogen and oxygen atoms in total. The number of anilines is 1. The second-order valence-corrected chi connectivity index (χ2v) is 5.63. The highest BCUT2D eigenvalue weighted by atomic mass is 32.1. The fourth-order valence-electron chi connectivity index (χ4n) is 1.63. The molecule has 0 aliphatic heterocycles. The first-order chi connectivity index (χ1) is 9.16. The van der Waals surface area contributed by atoms with Crippen LogP contribution in [-0.2, 0) is 4.79 Å². The van der Waals surface area contributed by atoms with Crippen molar-refractivity contribution in [1.29, 1.82) is 0 Å². The molecular formula is C13H18N4OS. The Morgan fingerprint density at radius 3 is 3.05 bits per heavy atom. The molecule has 0 aromatic carbocycles. The third-order valence-electron chi connectivity index (χ3n) is 2.61. The standard InChI is InChI=1S/C13H18N4OS/c1-9(2)7-15-11(18)3-5-14-12-10-4-6-19-13(10)17-8-16-12/h4,6,8-9H,3,5,7H2,1-2H3,(H,15,18)(H,14,16,17). The van der Waals surface area contributed by atoms with Crippen LogP contribution in [-0.4, -0.2) is 29.0 Å². The molecule has 0 spiro atoms. The van der Waals surface area contributed by atoms with E-state index in [1.165, 1.54) is 0 Å². The molecule has 2 heterocycles. The highest BCUT2D eigenvalue weighted by molar-refractivity contribution is 7.16. The summed E-state index contributed by atoms with van der Waals surface area (Å²) in [6.45, 7) is 5.45. The van der Waals surface area contributed by atoms with Crippen molar-refractivity contribution in [1.82, 2.24) is 15.3 Å². The predicted octanol–water partition coefficient (Wildman–Crippen LogP) is 2.27. The van der Waals surface area contributed by atoms with E-state index >= 15 is 0 Å². The van der Waals surface area contributed by atoms with Gasteiger partial charge >= 0.3 is 0 Å². The molecule has 2 N–H and O–H groups in total. The summed E-state index contributed by atoms with van der Waals surface area (Å²) in [7, 11) is 0. The van der Waals surface area contributed by atoms with Crippen LogP contribution in [0.4, 0.5) is 5.82 Å². The number of thiophene rings is 1. The second kappa shape index (κ2) is 6.47. The number of fused-ring (bicyclic) bond motifs is 1. The van der Waals surface area contributed by atoms with Gasteiger partial charge in [0.15, 0.2) is 0 Å². The summed E-state index contributed by atoms with van der Waals surface area (Å²) in [5.74, 6) is 1.34. The monoisotopic (exact) mass is 278 g/mol. The van der Waals surface area contributed by atoms with Crippen LogP contribution in [0.5, 0.6) is 0 Å². The highest BCUT2D eigenvalue weighted by Crippen LogP contribution is 2.23. The van der Waals surface area contributed by atoms with Gasteiger partial charge in [0.25, 0.3) is 0 Å². The molecule has 0 fully saturated rings. The largest absolute Gasteiger partial charge is 0.369 e. The molecule has 6 heteroatoms. The molecule has 0 unspecified atom stereocenters. The van der Waals surface area contributed by atoms with Crippen LogP contribution in [0.25, 0.3) is 10.2 Å². The Balaban J connectivity index is 1.82. The van der Waals surface area contributed by atoms with E-state index in [4.69, 9.17) is 0 Å². The highest BCUT2D eigenvalue weighted by Gasteiger charge is 2.05. The molecule has 0 atom stereocenters. The maximum Gasteiger partial charge on any atom is 0.221 e. The van der Waals surface area contributed by atoms with Gasteiger partial charge in [-0.25, -0.2) is 9.97 Å². The number of carbonyl (C=O) groups excluding carboxylic acids is 1. The third kappa shape index (κ3) is 3.89. The van der Waals surface area contributed by atoms with Gasteiger partial charge in [-0.3, -0.25) is 4.79 Å². The van der Waals surface area contributed by atoms with Crippen LogP contribution in [0.3, 0.4) is 0 Å². The quantitative estimate of drug-likeness (QED) is 0.850. The SMILES string of the molecule is CC(C)CNC(=O)CCNc1ncnc2sccc12. The Hall–Kier alpha value is -1.69. The van der Waals surface area contributed by atoms with Crippen molar-refractivity contribution < 1.29 is 4.79 Å². The lowest BCUT2D eigenvalue weighted by atomic mass is 10.2. The molecule has 102 valence electrons. The lowest BCUT2D eigenvalue weighted by Crippen LogP contribution is -2.28. The molecule has 0 radical (unpaired) electrons. The van der Waals surface area contributed by atoms with Crippen molar-refractivity contribution in [2.75, 3.05) is 18.4 Å². The number of amides is 1.